The van der Waals surface area contributed by atoms with Crippen LogP contribution >= 0.6 is 11.6 Å². The van der Waals surface area contributed by atoms with E-state index in [-0.39, 0.29) is 22.8 Å². The predicted molar refractivity (Wildman–Crippen MR) is 49.6 cm³/mol. The maximum atomic E-state index is 12.0. The number of hydrogen-bond acceptors (Lipinski definition) is 4. The average Bonchev–Trinajstić information content (AvgIpc) is 2.16. The topological polar surface area (TPSA) is 71.9 Å². The van der Waals surface area contributed by atoms with Gasteiger partial charge in [-0.15, -0.1) is 24.8 Å². The van der Waals surface area contributed by atoms with Crippen LogP contribution in [0.4, 0.5) is 18.9 Å². The zero-order valence-corrected chi connectivity index (χ0v) is 8.43. The van der Waals surface area contributed by atoms with E-state index in [1.165, 1.54) is 0 Å². The van der Waals surface area contributed by atoms with Gasteiger partial charge in [-0.2, -0.15) is 5.26 Å². The van der Waals surface area contributed by atoms with Crippen LogP contribution in [0.3, 0.4) is 0 Å². The summed E-state index contributed by atoms with van der Waals surface area (Å²) in [5.41, 5.74) is 4.90. The SMILES string of the molecule is N#Cc1ncc(OC(F)(F)F)c(CCl)c1N. The fourth-order valence-electron chi connectivity index (χ4n) is 0.986. The summed E-state index contributed by atoms with van der Waals surface area (Å²) in [5, 5.41) is 8.56. The van der Waals surface area contributed by atoms with Crippen molar-refractivity contribution in [3.63, 3.8) is 0 Å². The lowest BCUT2D eigenvalue weighted by Crippen LogP contribution is -2.19. The van der Waals surface area contributed by atoms with E-state index in [4.69, 9.17) is 22.6 Å². The number of ether oxygens (including phenoxy) is 1. The summed E-state index contributed by atoms with van der Waals surface area (Å²) in [5.74, 6) is -0.909. The van der Waals surface area contributed by atoms with E-state index in [2.05, 4.69) is 9.72 Å². The molecule has 0 saturated heterocycles. The number of alkyl halides is 4. The third-order valence-electron chi connectivity index (χ3n) is 1.65. The number of nitrogens with zero attached hydrogens (tertiary/aromatic N) is 2. The third kappa shape index (κ3) is 2.67. The quantitative estimate of drug-likeness (QED) is 0.818. The first kappa shape index (κ1) is 12.4. The van der Waals surface area contributed by atoms with Gasteiger partial charge in [0.25, 0.3) is 0 Å². The number of halogens is 4. The molecule has 0 spiro atoms. The second-order valence-corrected chi connectivity index (χ2v) is 2.92. The van der Waals surface area contributed by atoms with Crippen molar-refractivity contribution >= 4 is 17.3 Å². The van der Waals surface area contributed by atoms with Gasteiger partial charge in [-0.3, -0.25) is 0 Å². The summed E-state index contributed by atoms with van der Waals surface area (Å²) >= 11 is 5.43. The Labute approximate surface area is 93.4 Å². The maximum absolute atomic E-state index is 12.0. The van der Waals surface area contributed by atoms with Gasteiger partial charge in [0, 0.05) is 5.56 Å². The Morgan fingerprint density at radius 3 is 2.62 bits per heavy atom. The summed E-state index contributed by atoms with van der Waals surface area (Å²) in [6.07, 6.45) is -4.09. The van der Waals surface area contributed by atoms with Gasteiger partial charge in [0.2, 0.25) is 0 Å². The molecule has 1 aromatic heterocycles. The maximum Gasteiger partial charge on any atom is 0.573 e. The Bertz CT molecular complexity index is 441. The standard InChI is InChI=1S/C8H5ClF3N3O/c9-1-4-6(16-8(10,11)12)3-15-5(2-13)7(4)14/h3H,1,14H2. The minimum atomic E-state index is -4.86. The van der Waals surface area contributed by atoms with Crippen LogP contribution in [0.25, 0.3) is 0 Å². The van der Waals surface area contributed by atoms with Crippen molar-refractivity contribution in [3.05, 3.63) is 17.5 Å². The highest BCUT2D eigenvalue weighted by atomic mass is 35.5. The second-order valence-electron chi connectivity index (χ2n) is 2.66. The van der Waals surface area contributed by atoms with Crippen molar-refractivity contribution in [1.82, 2.24) is 4.98 Å². The van der Waals surface area contributed by atoms with Crippen LogP contribution in [0.2, 0.25) is 0 Å². The van der Waals surface area contributed by atoms with Crippen LogP contribution < -0.4 is 10.5 Å². The number of rotatable bonds is 2. The molecule has 4 nitrogen and oxygen atoms in total. The lowest BCUT2D eigenvalue weighted by Gasteiger charge is -2.13. The van der Waals surface area contributed by atoms with Crippen molar-refractivity contribution in [2.75, 3.05) is 5.73 Å². The first-order valence-electron chi connectivity index (χ1n) is 3.88. The molecular weight excluding hydrogens is 247 g/mol. The Hall–Kier alpha value is -1.68. The Balaban J connectivity index is 3.22. The number of nitriles is 1. The first-order valence-corrected chi connectivity index (χ1v) is 4.41. The van der Waals surface area contributed by atoms with Crippen LogP contribution in [-0.4, -0.2) is 11.3 Å². The molecule has 16 heavy (non-hydrogen) atoms. The normalized spacial score (nSPS) is 10.9. The lowest BCUT2D eigenvalue weighted by molar-refractivity contribution is -0.274. The minimum Gasteiger partial charge on any atom is -0.404 e. The predicted octanol–water partition coefficient (Wildman–Crippen LogP) is 2.17. The first-order chi connectivity index (χ1) is 7.39. The Morgan fingerprint density at radius 2 is 2.19 bits per heavy atom. The number of hydrogen-bond donors (Lipinski definition) is 1. The van der Waals surface area contributed by atoms with Crippen molar-refractivity contribution in [2.24, 2.45) is 0 Å². The molecule has 1 aromatic rings. The molecule has 0 fully saturated rings. The van der Waals surface area contributed by atoms with Gasteiger partial charge < -0.3 is 10.5 Å². The van der Waals surface area contributed by atoms with Crippen LogP contribution in [0.15, 0.2) is 6.20 Å². The van der Waals surface area contributed by atoms with Crippen LogP contribution in [-0.2, 0) is 5.88 Å². The summed E-state index contributed by atoms with van der Waals surface area (Å²) in [7, 11) is 0. The Morgan fingerprint density at radius 1 is 1.56 bits per heavy atom. The van der Waals surface area contributed by atoms with E-state index in [9.17, 15) is 13.2 Å². The fourth-order valence-corrected chi connectivity index (χ4v) is 1.26. The van der Waals surface area contributed by atoms with Crippen molar-refractivity contribution in [1.29, 1.82) is 5.26 Å². The van der Waals surface area contributed by atoms with Crippen LogP contribution in [0.5, 0.6) is 5.75 Å². The molecule has 0 atom stereocenters. The zero-order valence-electron chi connectivity index (χ0n) is 7.68. The van der Waals surface area contributed by atoms with Gasteiger partial charge in [0.15, 0.2) is 11.4 Å². The molecule has 2 N–H and O–H groups in total. The zero-order chi connectivity index (χ0) is 12.3. The highest BCUT2D eigenvalue weighted by molar-refractivity contribution is 6.17. The van der Waals surface area contributed by atoms with Gasteiger partial charge >= 0.3 is 6.36 Å². The number of pyridine rings is 1. The highest BCUT2D eigenvalue weighted by Crippen LogP contribution is 2.31. The van der Waals surface area contributed by atoms with E-state index in [0.29, 0.717) is 0 Å². The summed E-state index contributed by atoms with van der Waals surface area (Å²) in [6, 6.07) is 1.63. The summed E-state index contributed by atoms with van der Waals surface area (Å²) in [4.78, 5) is 3.42. The molecule has 0 bridgehead atoms. The molecule has 0 radical (unpaired) electrons. The summed E-state index contributed by atoms with van der Waals surface area (Å²) < 4.78 is 39.6. The van der Waals surface area contributed by atoms with E-state index in [1.807, 2.05) is 0 Å². The fraction of sp³-hybridized carbons (Fsp3) is 0.250. The molecule has 0 saturated carbocycles. The van der Waals surface area contributed by atoms with Gasteiger partial charge in [0.1, 0.15) is 6.07 Å². The second kappa shape index (κ2) is 4.45. The molecular formula is C8H5ClF3N3O. The van der Waals surface area contributed by atoms with E-state index < -0.39 is 12.1 Å². The smallest absolute Gasteiger partial charge is 0.404 e. The van der Waals surface area contributed by atoms with Gasteiger partial charge in [-0.1, -0.05) is 0 Å². The molecule has 0 amide bonds. The number of aromatic nitrogens is 1. The molecule has 86 valence electrons. The van der Waals surface area contributed by atoms with Crippen LogP contribution in [0, 0.1) is 11.3 Å². The number of anilines is 1. The minimum absolute atomic E-state index is 0.106. The van der Waals surface area contributed by atoms with Gasteiger partial charge in [-0.05, 0) is 0 Å². The van der Waals surface area contributed by atoms with Crippen molar-refractivity contribution in [2.45, 2.75) is 12.2 Å². The van der Waals surface area contributed by atoms with Crippen molar-refractivity contribution < 1.29 is 17.9 Å². The van der Waals surface area contributed by atoms with E-state index >= 15 is 0 Å². The molecule has 1 heterocycles. The Kier molecular flexibility index (Phi) is 3.44. The molecule has 0 aliphatic heterocycles. The number of nitrogen functional groups attached to an aromatic ring is 1. The molecule has 0 aromatic carbocycles. The summed E-state index contributed by atoms with van der Waals surface area (Å²) in [6.45, 7) is 0. The highest BCUT2D eigenvalue weighted by Gasteiger charge is 2.32. The van der Waals surface area contributed by atoms with E-state index in [0.717, 1.165) is 6.20 Å². The molecule has 0 unspecified atom stereocenters. The lowest BCUT2D eigenvalue weighted by atomic mass is 10.2. The number of nitrogens with two attached hydrogens (primary N) is 1. The van der Waals surface area contributed by atoms with E-state index in [1.54, 1.807) is 6.07 Å². The largest absolute Gasteiger partial charge is 0.573 e. The third-order valence-corrected chi connectivity index (χ3v) is 1.92. The van der Waals surface area contributed by atoms with Crippen LogP contribution in [0.1, 0.15) is 11.3 Å². The monoisotopic (exact) mass is 251 g/mol. The average molecular weight is 252 g/mol. The van der Waals surface area contributed by atoms with Gasteiger partial charge in [-0.25, -0.2) is 4.98 Å². The van der Waals surface area contributed by atoms with Gasteiger partial charge in [0.05, 0.1) is 17.8 Å². The molecule has 1 rings (SSSR count). The molecule has 0 aliphatic rings. The molecule has 8 heteroatoms. The van der Waals surface area contributed by atoms with Crippen molar-refractivity contribution in [3.8, 4) is 11.8 Å². The molecule has 0 aliphatic carbocycles.